The van der Waals surface area contributed by atoms with Crippen LogP contribution in [0.4, 0.5) is 4.79 Å². The standard InChI is InChI=1S/C55H74N6O8S/c1-11-35(4)48(45(67-9)31-46(62)61-28-19-26-44(61)49(68-10)36(5)50(63)58-43(52-56-27-29-70-52)30-37-20-13-12-14-21-37)60(8)47(34(2)3)51(64)59-53(65)55(6,7)33-57-54(66)69-32-42-40-24-17-15-22-38(40)39-23-16-18-25-41(39)42/h12-18,20-25,27,29,34-36,42-45,47-49H,11,19,26,28,30-33H2,1-10H3,(H,57,66)(H,58,63)(H,59,64,65)/t35-,36+,43-,44-,45+,47-,48-,49+/m0/s1. The Morgan fingerprint density at radius 1 is 0.886 bits per heavy atom. The molecule has 1 fully saturated rings. The second kappa shape index (κ2) is 24.6. The topological polar surface area (TPSA) is 168 Å². The minimum atomic E-state index is -1.17. The molecule has 70 heavy (non-hydrogen) atoms. The van der Waals surface area contributed by atoms with E-state index in [0.29, 0.717) is 19.4 Å². The molecule has 1 aromatic heterocycles. The van der Waals surface area contributed by atoms with Crippen LogP contribution in [-0.4, -0.2) is 116 Å². The van der Waals surface area contributed by atoms with Crippen molar-refractivity contribution in [1.29, 1.82) is 0 Å². The maximum atomic E-state index is 14.5. The van der Waals surface area contributed by atoms with Gasteiger partial charge in [0, 0.05) is 50.8 Å². The number of likely N-dealkylation sites (tertiary alicyclic amines) is 1. The number of likely N-dealkylation sites (N-methyl/N-ethyl adjacent to an activating group) is 1. The number of carbonyl (C=O) groups is 5. The Bertz CT molecular complexity index is 2330. The van der Waals surface area contributed by atoms with Gasteiger partial charge < -0.3 is 29.7 Å². The van der Waals surface area contributed by atoms with Crippen LogP contribution in [0.25, 0.3) is 11.1 Å². The second-order valence-corrected chi connectivity index (χ2v) is 20.9. The van der Waals surface area contributed by atoms with Gasteiger partial charge in [-0.2, -0.15) is 0 Å². The monoisotopic (exact) mass is 979 g/mol. The van der Waals surface area contributed by atoms with Gasteiger partial charge in [0.1, 0.15) is 11.6 Å². The molecule has 2 heterocycles. The Hall–Kier alpha value is -5.48. The largest absolute Gasteiger partial charge is 0.449 e. The fourth-order valence-corrected chi connectivity index (χ4v) is 11.2. The van der Waals surface area contributed by atoms with Gasteiger partial charge >= 0.3 is 6.09 Å². The van der Waals surface area contributed by atoms with Crippen LogP contribution in [0, 0.1) is 23.2 Å². The molecule has 1 aliphatic carbocycles. The molecule has 6 rings (SSSR count). The average molecular weight is 979 g/mol. The van der Waals surface area contributed by atoms with Crippen LogP contribution in [0.15, 0.2) is 90.4 Å². The fourth-order valence-electron chi connectivity index (χ4n) is 10.5. The first-order valence-electron chi connectivity index (χ1n) is 24.8. The summed E-state index contributed by atoms with van der Waals surface area (Å²) < 4.78 is 18.0. The predicted molar refractivity (Wildman–Crippen MR) is 273 cm³/mol. The third-order valence-electron chi connectivity index (χ3n) is 14.5. The summed E-state index contributed by atoms with van der Waals surface area (Å²) in [6.45, 7) is 13.7. The minimum absolute atomic E-state index is 0.0168. The number of carbonyl (C=O) groups excluding carboxylic acids is 5. The quantitative estimate of drug-likeness (QED) is 0.0660. The van der Waals surface area contributed by atoms with Crippen molar-refractivity contribution in [3.63, 3.8) is 0 Å². The van der Waals surface area contributed by atoms with Crippen molar-refractivity contribution < 1.29 is 38.2 Å². The van der Waals surface area contributed by atoms with Gasteiger partial charge in [-0.15, -0.1) is 11.3 Å². The number of thiazole rings is 1. The maximum Gasteiger partial charge on any atom is 0.407 e. The van der Waals surface area contributed by atoms with Gasteiger partial charge in [0.05, 0.1) is 48.1 Å². The van der Waals surface area contributed by atoms with Crippen molar-refractivity contribution in [2.75, 3.05) is 41.0 Å². The Labute approximate surface area is 418 Å². The molecule has 3 aromatic carbocycles. The molecule has 378 valence electrons. The van der Waals surface area contributed by atoms with Gasteiger partial charge in [0.15, 0.2) is 0 Å². The molecule has 15 heteroatoms. The molecule has 2 aliphatic rings. The Balaban J connectivity index is 1.07. The van der Waals surface area contributed by atoms with Gasteiger partial charge in [0.2, 0.25) is 23.6 Å². The Morgan fingerprint density at radius 3 is 2.11 bits per heavy atom. The van der Waals surface area contributed by atoms with Crippen LogP contribution in [-0.2, 0) is 39.8 Å². The molecule has 3 N–H and O–H groups in total. The van der Waals surface area contributed by atoms with E-state index in [1.165, 1.54) is 11.3 Å². The number of imide groups is 1. The molecule has 8 atom stereocenters. The Morgan fingerprint density at radius 2 is 1.53 bits per heavy atom. The number of hydrogen-bond donors (Lipinski definition) is 3. The summed E-state index contributed by atoms with van der Waals surface area (Å²) in [6, 6.07) is 24.3. The molecule has 0 unspecified atom stereocenters. The molecule has 0 saturated carbocycles. The number of fused-ring (bicyclic) bond motifs is 3. The van der Waals surface area contributed by atoms with Crippen LogP contribution in [0.1, 0.15) is 108 Å². The summed E-state index contributed by atoms with van der Waals surface area (Å²) in [5.74, 6) is -2.27. The summed E-state index contributed by atoms with van der Waals surface area (Å²) in [5, 5.41) is 11.4. The van der Waals surface area contributed by atoms with Crippen molar-refractivity contribution in [3.05, 3.63) is 112 Å². The summed E-state index contributed by atoms with van der Waals surface area (Å²) in [7, 11) is 5.03. The smallest absolute Gasteiger partial charge is 0.407 e. The molecule has 5 amide bonds. The minimum Gasteiger partial charge on any atom is -0.449 e. The van der Waals surface area contributed by atoms with Crippen molar-refractivity contribution >= 4 is 41.1 Å². The molecule has 0 spiro atoms. The zero-order valence-corrected chi connectivity index (χ0v) is 43.4. The van der Waals surface area contributed by atoms with Crippen molar-refractivity contribution in [3.8, 4) is 11.1 Å². The first kappa shape index (κ1) is 53.9. The van der Waals surface area contributed by atoms with E-state index >= 15 is 0 Å². The number of methoxy groups -OCH3 is 2. The number of benzene rings is 3. The summed E-state index contributed by atoms with van der Waals surface area (Å²) >= 11 is 1.50. The molecular weight excluding hydrogens is 905 g/mol. The van der Waals surface area contributed by atoms with E-state index in [1.54, 1.807) is 34.3 Å². The molecule has 0 radical (unpaired) electrons. The lowest BCUT2D eigenvalue weighted by Gasteiger charge is -2.43. The van der Waals surface area contributed by atoms with Gasteiger partial charge in [-0.1, -0.05) is 120 Å². The molecule has 0 bridgehead atoms. The van der Waals surface area contributed by atoms with E-state index in [0.717, 1.165) is 45.7 Å². The number of ether oxygens (including phenoxy) is 3. The molecular formula is C55H74N6O8S. The van der Waals surface area contributed by atoms with Crippen LogP contribution in [0.5, 0.6) is 0 Å². The maximum absolute atomic E-state index is 14.5. The zero-order valence-electron chi connectivity index (χ0n) is 42.6. The lowest BCUT2D eigenvalue weighted by Crippen LogP contribution is -2.59. The summed E-state index contributed by atoms with van der Waals surface area (Å²) in [6.07, 6.45) is 2.69. The second-order valence-electron chi connectivity index (χ2n) is 20.0. The van der Waals surface area contributed by atoms with Gasteiger partial charge in [-0.05, 0) is 79.8 Å². The highest BCUT2D eigenvalue weighted by Gasteiger charge is 2.44. The van der Waals surface area contributed by atoms with Crippen molar-refractivity contribution in [1.82, 2.24) is 30.7 Å². The third-order valence-corrected chi connectivity index (χ3v) is 15.4. The zero-order chi connectivity index (χ0) is 50.7. The molecule has 1 aliphatic heterocycles. The fraction of sp³-hybridized carbons (Fsp3) is 0.527. The highest BCUT2D eigenvalue weighted by molar-refractivity contribution is 7.09. The van der Waals surface area contributed by atoms with Crippen LogP contribution in [0.3, 0.4) is 0 Å². The third kappa shape index (κ3) is 12.7. The number of hydrogen-bond acceptors (Lipinski definition) is 11. The van der Waals surface area contributed by atoms with E-state index < -0.39 is 53.5 Å². The lowest BCUT2D eigenvalue weighted by atomic mass is 9.87. The van der Waals surface area contributed by atoms with E-state index in [-0.39, 0.29) is 61.2 Å². The highest BCUT2D eigenvalue weighted by Crippen LogP contribution is 2.44. The van der Waals surface area contributed by atoms with E-state index in [4.69, 9.17) is 14.2 Å². The molecule has 4 aromatic rings. The Kier molecular flexibility index (Phi) is 18.9. The van der Waals surface area contributed by atoms with Crippen LogP contribution >= 0.6 is 11.3 Å². The predicted octanol–water partition coefficient (Wildman–Crippen LogP) is 8.17. The van der Waals surface area contributed by atoms with Gasteiger partial charge in [0.25, 0.3) is 0 Å². The summed E-state index contributed by atoms with van der Waals surface area (Å²) in [5.41, 5.74) is 4.35. The lowest BCUT2D eigenvalue weighted by molar-refractivity contribution is -0.144. The molecule has 1 saturated heterocycles. The number of alkyl carbamates (subject to hydrolysis) is 1. The average Bonchev–Trinajstić information content (AvgIpc) is 4.13. The first-order chi connectivity index (χ1) is 33.5. The summed E-state index contributed by atoms with van der Waals surface area (Å²) in [4.78, 5) is 78.1. The van der Waals surface area contributed by atoms with Crippen LogP contribution < -0.4 is 16.0 Å². The van der Waals surface area contributed by atoms with E-state index in [1.807, 2.05) is 97.6 Å². The molecule has 14 nitrogen and oxygen atoms in total. The van der Waals surface area contributed by atoms with E-state index in [2.05, 4.69) is 59.0 Å². The van der Waals surface area contributed by atoms with Crippen LogP contribution in [0.2, 0.25) is 0 Å². The van der Waals surface area contributed by atoms with Crippen molar-refractivity contribution in [2.24, 2.45) is 23.2 Å². The van der Waals surface area contributed by atoms with E-state index in [9.17, 15) is 24.0 Å². The number of amides is 5. The number of nitrogens with one attached hydrogen (secondary N) is 3. The number of aromatic nitrogens is 1. The normalized spacial score (nSPS) is 17.7. The van der Waals surface area contributed by atoms with Gasteiger partial charge in [-0.3, -0.25) is 29.4 Å². The number of nitrogens with zero attached hydrogens (tertiary/aromatic N) is 3. The first-order valence-corrected chi connectivity index (χ1v) is 25.6. The van der Waals surface area contributed by atoms with Crippen molar-refractivity contribution in [2.45, 2.75) is 123 Å². The number of rotatable bonds is 23. The highest BCUT2D eigenvalue weighted by atomic mass is 32.1. The SMILES string of the molecule is CC[C@H](C)[C@@H]([C@@H](CC(=O)N1CCC[C@H]1[C@H](OC)[C@@H](C)C(=O)N[C@@H](Cc1ccccc1)c1nccs1)OC)N(C)[C@H](C(=O)NC(=O)C(C)(C)CNC(=O)OCC1c2ccccc2-c2ccccc21)C(C)C. The van der Waals surface area contributed by atoms with Gasteiger partial charge in [-0.25, -0.2) is 9.78 Å².